The van der Waals surface area contributed by atoms with Crippen LogP contribution in [0.2, 0.25) is 0 Å². The van der Waals surface area contributed by atoms with Crippen molar-refractivity contribution in [3.05, 3.63) is 11.1 Å². The maximum atomic E-state index is 12.1. The number of Topliss-reactive ketones (excluding diaryl/α,β-unsaturated/α-hetero) is 1. The summed E-state index contributed by atoms with van der Waals surface area (Å²) >= 11 is 0. The van der Waals surface area contributed by atoms with Gasteiger partial charge in [0.1, 0.15) is 6.10 Å². The zero-order chi connectivity index (χ0) is 12.0. The van der Waals surface area contributed by atoms with Crippen molar-refractivity contribution in [2.75, 3.05) is 0 Å². The third kappa shape index (κ3) is 1.55. The minimum atomic E-state index is -0.217. The summed E-state index contributed by atoms with van der Waals surface area (Å²) in [4.78, 5) is 24.0. The second-order valence-electron chi connectivity index (χ2n) is 5.43. The Balaban J connectivity index is 1.99. The van der Waals surface area contributed by atoms with Crippen molar-refractivity contribution in [2.24, 2.45) is 11.8 Å². The molecule has 0 spiro atoms. The maximum Gasteiger partial charge on any atom is 0.334 e. The number of hydrogen-bond donors (Lipinski definition) is 0. The minimum Gasteiger partial charge on any atom is -0.458 e. The van der Waals surface area contributed by atoms with Crippen LogP contribution in [0.3, 0.4) is 0 Å². The van der Waals surface area contributed by atoms with Crippen LogP contribution in [0.25, 0.3) is 0 Å². The molecule has 1 heterocycles. The molecule has 0 saturated heterocycles. The lowest BCUT2D eigenvalue weighted by Gasteiger charge is -2.27. The number of ether oxygens (including phenoxy) is 1. The summed E-state index contributed by atoms with van der Waals surface area (Å²) in [5, 5.41) is 0. The van der Waals surface area contributed by atoms with E-state index in [1.807, 2.05) is 0 Å². The van der Waals surface area contributed by atoms with Crippen LogP contribution in [0.15, 0.2) is 11.1 Å². The first kappa shape index (κ1) is 11.0. The summed E-state index contributed by atoms with van der Waals surface area (Å²) in [6, 6.07) is 0. The third-order valence-electron chi connectivity index (χ3n) is 4.42. The van der Waals surface area contributed by atoms with Gasteiger partial charge in [-0.1, -0.05) is 13.3 Å². The number of ketones is 1. The van der Waals surface area contributed by atoms with E-state index in [0.717, 1.165) is 31.3 Å². The van der Waals surface area contributed by atoms with Gasteiger partial charge in [0.25, 0.3) is 0 Å². The van der Waals surface area contributed by atoms with Crippen molar-refractivity contribution in [3.8, 4) is 0 Å². The number of esters is 1. The van der Waals surface area contributed by atoms with E-state index in [0.29, 0.717) is 24.3 Å². The van der Waals surface area contributed by atoms with E-state index < -0.39 is 0 Å². The molecule has 0 aromatic rings. The zero-order valence-electron chi connectivity index (χ0n) is 10.2. The van der Waals surface area contributed by atoms with Gasteiger partial charge in [0.05, 0.1) is 0 Å². The van der Waals surface area contributed by atoms with Gasteiger partial charge in [-0.25, -0.2) is 4.79 Å². The molecule has 3 heteroatoms. The first-order valence-corrected chi connectivity index (χ1v) is 6.69. The van der Waals surface area contributed by atoms with Crippen molar-refractivity contribution in [3.63, 3.8) is 0 Å². The van der Waals surface area contributed by atoms with Gasteiger partial charge >= 0.3 is 5.97 Å². The Labute approximate surface area is 101 Å². The summed E-state index contributed by atoms with van der Waals surface area (Å²) in [6.45, 7) is 2.09. The van der Waals surface area contributed by atoms with Crippen LogP contribution in [0, 0.1) is 11.8 Å². The largest absolute Gasteiger partial charge is 0.458 e. The van der Waals surface area contributed by atoms with Gasteiger partial charge in [0.15, 0.2) is 5.78 Å². The molecule has 2 saturated carbocycles. The first-order chi connectivity index (χ1) is 8.22. The number of carbonyl (C=O) groups is 2. The Morgan fingerprint density at radius 3 is 2.88 bits per heavy atom. The molecule has 3 nitrogen and oxygen atoms in total. The van der Waals surface area contributed by atoms with Crippen LogP contribution in [-0.4, -0.2) is 17.9 Å². The standard InChI is InChI=1S/C14H18O3/c1-2-3-4-9-13-10(15)7-8-5-6-11(12(8)13)17-14(9)16/h8,11-12H,2-7H2,1H3/t8-,11-,12+/m1/s1. The Kier molecular flexibility index (Phi) is 2.57. The van der Waals surface area contributed by atoms with Gasteiger partial charge in [0, 0.05) is 23.5 Å². The zero-order valence-corrected chi connectivity index (χ0v) is 10.2. The van der Waals surface area contributed by atoms with Crippen LogP contribution >= 0.6 is 0 Å². The van der Waals surface area contributed by atoms with Crippen molar-refractivity contribution in [1.29, 1.82) is 0 Å². The Hall–Kier alpha value is -1.12. The van der Waals surface area contributed by atoms with Gasteiger partial charge in [-0.2, -0.15) is 0 Å². The molecule has 92 valence electrons. The summed E-state index contributed by atoms with van der Waals surface area (Å²) in [6.07, 6.45) is 5.34. The fourth-order valence-electron chi connectivity index (χ4n) is 3.64. The van der Waals surface area contributed by atoms with E-state index >= 15 is 0 Å². The monoisotopic (exact) mass is 234 g/mol. The van der Waals surface area contributed by atoms with Gasteiger partial charge in [0.2, 0.25) is 0 Å². The van der Waals surface area contributed by atoms with Crippen molar-refractivity contribution in [1.82, 2.24) is 0 Å². The summed E-state index contributed by atoms with van der Waals surface area (Å²) in [5.41, 5.74) is 1.55. The lowest BCUT2D eigenvalue weighted by Crippen LogP contribution is -2.32. The predicted molar refractivity (Wildman–Crippen MR) is 62.3 cm³/mol. The minimum absolute atomic E-state index is 0.000624. The first-order valence-electron chi connectivity index (χ1n) is 6.69. The van der Waals surface area contributed by atoms with Gasteiger partial charge in [-0.05, 0) is 31.6 Å². The van der Waals surface area contributed by atoms with E-state index in [-0.39, 0.29) is 23.8 Å². The summed E-state index contributed by atoms with van der Waals surface area (Å²) in [7, 11) is 0. The SMILES string of the molecule is CCCCC1=C2C(=O)C[C@H]3CC[C@@H](OC1=O)[C@@H]23. The average Bonchev–Trinajstić information content (AvgIpc) is 2.82. The quantitative estimate of drug-likeness (QED) is 0.704. The average molecular weight is 234 g/mol. The normalized spacial score (nSPS) is 35.2. The summed E-state index contributed by atoms with van der Waals surface area (Å²) < 4.78 is 5.50. The molecule has 3 atom stereocenters. The van der Waals surface area contributed by atoms with Crippen LogP contribution in [0.1, 0.15) is 45.4 Å². The highest BCUT2D eigenvalue weighted by atomic mass is 16.5. The molecule has 0 bridgehead atoms. The highest BCUT2D eigenvalue weighted by molar-refractivity contribution is 6.07. The molecule has 0 N–H and O–H groups in total. The van der Waals surface area contributed by atoms with Crippen molar-refractivity contribution >= 4 is 11.8 Å². The molecule has 0 amide bonds. The van der Waals surface area contributed by atoms with Crippen LogP contribution in [0.4, 0.5) is 0 Å². The highest BCUT2D eigenvalue weighted by Gasteiger charge is 2.52. The Bertz CT molecular complexity index is 408. The van der Waals surface area contributed by atoms with Crippen molar-refractivity contribution < 1.29 is 14.3 Å². The molecule has 0 radical (unpaired) electrons. The van der Waals surface area contributed by atoms with Crippen LogP contribution in [0.5, 0.6) is 0 Å². The lowest BCUT2D eigenvalue weighted by molar-refractivity contribution is -0.148. The third-order valence-corrected chi connectivity index (χ3v) is 4.42. The van der Waals surface area contributed by atoms with Crippen LogP contribution < -0.4 is 0 Å². The molecule has 2 aliphatic carbocycles. The van der Waals surface area contributed by atoms with Gasteiger partial charge in [-0.3, -0.25) is 4.79 Å². The molecule has 0 unspecified atom stereocenters. The van der Waals surface area contributed by atoms with E-state index in [1.165, 1.54) is 0 Å². The van der Waals surface area contributed by atoms with E-state index in [1.54, 1.807) is 0 Å². The van der Waals surface area contributed by atoms with Gasteiger partial charge < -0.3 is 4.74 Å². The fraction of sp³-hybridized carbons (Fsp3) is 0.714. The second kappa shape index (κ2) is 3.97. The molecule has 1 aliphatic heterocycles. The maximum absolute atomic E-state index is 12.1. The number of carbonyl (C=O) groups excluding carboxylic acids is 2. The molecule has 0 aromatic heterocycles. The number of rotatable bonds is 3. The highest BCUT2D eigenvalue weighted by Crippen LogP contribution is 2.50. The lowest BCUT2D eigenvalue weighted by atomic mass is 9.87. The molecule has 3 rings (SSSR count). The van der Waals surface area contributed by atoms with Crippen molar-refractivity contribution in [2.45, 2.75) is 51.6 Å². The smallest absolute Gasteiger partial charge is 0.334 e. The number of unbranched alkanes of at least 4 members (excludes halogenated alkanes) is 1. The predicted octanol–water partition coefficient (Wildman–Crippen LogP) is 2.40. The van der Waals surface area contributed by atoms with E-state index in [2.05, 4.69) is 6.92 Å². The number of hydrogen-bond acceptors (Lipinski definition) is 3. The summed E-state index contributed by atoms with van der Waals surface area (Å²) in [5.74, 6) is 0.692. The molecule has 17 heavy (non-hydrogen) atoms. The van der Waals surface area contributed by atoms with Crippen LogP contribution in [-0.2, 0) is 14.3 Å². The molecular weight excluding hydrogens is 216 g/mol. The molecule has 3 aliphatic rings. The fourth-order valence-corrected chi connectivity index (χ4v) is 3.64. The van der Waals surface area contributed by atoms with Gasteiger partial charge in [-0.15, -0.1) is 0 Å². The molecular formula is C14H18O3. The Morgan fingerprint density at radius 1 is 1.29 bits per heavy atom. The Morgan fingerprint density at radius 2 is 2.12 bits per heavy atom. The molecule has 0 aromatic carbocycles. The van der Waals surface area contributed by atoms with E-state index in [4.69, 9.17) is 4.74 Å². The second-order valence-corrected chi connectivity index (χ2v) is 5.43. The molecule has 2 fully saturated rings. The topological polar surface area (TPSA) is 43.4 Å². The van der Waals surface area contributed by atoms with E-state index in [9.17, 15) is 9.59 Å².